The molecule has 0 aliphatic carbocycles. The standard InChI is InChI=1S/C18H17N3O3/c1-11-14(8-12-10-19-7-6-15(12)20-11)18(22)21-16-5-4-13(23-2)9-17(16)24-3/h4-10H,1-3H3,(H,21,22). The van der Waals surface area contributed by atoms with Crippen LogP contribution in [0.1, 0.15) is 16.1 Å². The quantitative estimate of drug-likeness (QED) is 0.798. The first kappa shape index (κ1) is 15.7. The number of benzene rings is 1. The number of hydrogen-bond acceptors (Lipinski definition) is 5. The number of ether oxygens (including phenoxy) is 2. The van der Waals surface area contributed by atoms with Gasteiger partial charge in [-0.3, -0.25) is 14.8 Å². The molecule has 0 unspecified atom stereocenters. The third-order valence-corrected chi connectivity index (χ3v) is 3.71. The van der Waals surface area contributed by atoms with Crippen molar-refractivity contribution in [2.24, 2.45) is 0 Å². The minimum atomic E-state index is -0.255. The average molecular weight is 323 g/mol. The van der Waals surface area contributed by atoms with E-state index in [-0.39, 0.29) is 5.91 Å². The fourth-order valence-corrected chi connectivity index (χ4v) is 2.43. The van der Waals surface area contributed by atoms with E-state index >= 15 is 0 Å². The Kier molecular flexibility index (Phi) is 4.29. The van der Waals surface area contributed by atoms with Crippen LogP contribution in [0.5, 0.6) is 11.5 Å². The van der Waals surface area contributed by atoms with Crippen molar-refractivity contribution in [3.63, 3.8) is 0 Å². The van der Waals surface area contributed by atoms with Crippen LogP contribution in [-0.2, 0) is 0 Å². The molecule has 0 spiro atoms. The smallest absolute Gasteiger partial charge is 0.257 e. The monoisotopic (exact) mass is 323 g/mol. The molecule has 1 amide bonds. The maximum absolute atomic E-state index is 12.6. The highest BCUT2D eigenvalue weighted by Crippen LogP contribution is 2.29. The molecule has 0 fully saturated rings. The molecule has 0 aliphatic heterocycles. The van der Waals surface area contributed by atoms with Crippen LogP contribution in [0.15, 0.2) is 42.7 Å². The van der Waals surface area contributed by atoms with E-state index in [0.29, 0.717) is 28.4 Å². The van der Waals surface area contributed by atoms with Crippen molar-refractivity contribution in [2.45, 2.75) is 6.92 Å². The van der Waals surface area contributed by atoms with E-state index in [4.69, 9.17) is 9.47 Å². The van der Waals surface area contributed by atoms with Gasteiger partial charge in [0.05, 0.1) is 36.7 Å². The lowest BCUT2D eigenvalue weighted by atomic mass is 10.1. The van der Waals surface area contributed by atoms with Gasteiger partial charge in [0.2, 0.25) is 0 Å². The van der Waals surface area contributed by atoms with Crippen molar-refractivity contribution >= 4 is 22.5 Å². The summed E-state index contributed by atoms with van der Waals surface area (Å²) in [6.07, 6.45) is 3.36. The summed E-state index contributed by atoms with van der Waals surface area (Å²) in [5.74, 6) is 0.921. The summed E-state index contributed by atoms with van der Waals surface area (Å²) < 4.78 is 10.5. The molecule has 0 saturated carbocycles. The predicted octanol–water partition coefficient (Wildman–Crippen LogP) is 3.21. The molecule has 122 valence electrons. The Bertz CT molecular complexity index is 909. The number of anilines is 1. The van der Waals surface area contributed by atoms with E-state index in [1.54, 1.807) is 57.8 Å². The van der Waals surface area contributed by atoms with Gasteiger partial charge in [-0.2, -0.15) is 0 Å². The molecule has 0 atom stereocenters. The fraction of sp³-hybridized carbons (Fsp3) is 0.167. The van der Waals surface area contributed by atoms with Crippen molar-refractivity contribution < 1.29 is 14.3 Å². The molecule has 24 heavy (non-hydrogen) atoms. The highest BCUT2D eigenvalue weighted by molar-refractivity contribution is 6.07. The topological polar surface area (TPSA) is 73.3 Å². The molecule has 1 N–H and O–H groups in total. The van der Waals surface area contributed by atoms with Gasteiger partial charge in [0.25, 0.3) is 5.91 Å². The van der Waals surface area contributed by atoms with Crippen LogP contribution in [0.3, 0.4) is 0 Å². The van der Waals surface area contributed by atoms with Gasteiger partial charge in [-0.25, -0.2) is 0 Å². The largest absolute Gasteiger partial charge is 0.497 e. The van der Waals surface area contributed by atoms with Crippen molar-refractivity contribution in [3.05, 3.63) is 54.0 Å². The summed E-state index contributed by atoms with van der Waals surface area (Å²) in [7, 11) is 3.12. The Labute approximate surface area is 139 Å². The molecule has 0 saturated heterocycles. The summed E-state index contributed by atoms with van der Waals surface area (Å²) in [5, 5.41) is 3.67. The second kappa shape index (κ2) is 6.54. The first-order valence-electron chi connectivity index (χ1n) is 7.37. The number of fused-ring (bicyclic) bond motifs is 1. The van der Waals surface area contributed by atoms with Crippen molar-refractivity contribution in [1.82, 2.24) is 9.97 Å². The van der Waals surface area contributed by atoms with Gasteiger partial charge < -0.3 is 14.8 Å². The molecule has 3 rings (SSSR count). The number of aryl methyl sites for hydroxylation is 1. The summed E-state index contributed by atoms with van der Waals surface area (Å²) in [4.78, 5) is 21.2. The van der Waals surface area contributed by atoms with Gasteiger partial charge in [-0.05, 0) is 31.2 Å². The molecule has 3 aromatic rings. The number of carbonyl (C=O) groups is 1. The molecular weight excluding hydrogens is 306 g/mol. The van der Waals surface area contributed by atoms with Crippen LogP contribution < -0.4 is 14.8 Å². The number of pyridine rings is 2. The van der Waals surface area contributed by atoms with Crippen LogP contribution in [-0.4, -0.2) is 30.1 Å². The van der Waals surface area contributed by atoms with Gasteiger partial charge in [0, 0.05) is 23.8 Å². The van der Waals surface area contributed by atoms with Crippen molar-refractivity contribution in [1.29, 1.82) is 0 Å². The van der Waals surface area contributed by atoms with Gasteiger partial charge in [-0.1, -0.05) is 0 Å². The lowest BCUT2D eigenvalue weighted by Crippen LogP contribution is -2.15. The number of aromatic nitrogens is 2. The second-order valence-electron chi connectivity index (χ2n) is 5.21. The minimum Gasteiger partial charge on any atom is -0.497 e. The van der Waals surface area contributed by atoms with Crippen LogP contribution in [0, 0.1) is 6.92 Å². The summed E-state index contributed by atoms with van der Waals surface area (Å²) in [6.45, 7) is 1.81. The Balaban J connectivity index is 1.94. The zero-order valence-electron chi connectivity index (χ0n) is 13.7. The second-order valence-corrected chi connectivity index (χ2v) is 5.21. The first-order valence-corrected chi connectivity index (χ1v) is 7.37. The molecule has 0 radical (unpaired) electrons. The Morgan fingerprint density at radius 3 is 2.71 bits per heavy atom. The fourth-order valence-electron chi connectivity index (χ4n) is 2.43. The summed E-state index contributed by atoms with van der Waals surface area (Å²) in [5.41, 5.74) is 2.52. The number of methoxy groups -OCH3 is 2. The maximum atomic E-state index is 12.6. The molecule has 6 heteroatoms. The Morgan fingerprint density at radius 2 is 1.96 bits per heavy atom. The third-order valence-electron chi connectivity index (χ3n) is 3.71. The third kappa shape index (κ3) is 2.99. The molecule has 0 bridgehead atoms. The molecular formula is C18H17N3O3. The van der Waals surface area contributed by atoms with Crippen LogP contribution in [0.25, 0.3) is 10.9 Å². The molecule has 2 aromatic heterocycles. The molecule has 2 heterocycles. The summed E-state index contributed by atoms with van der Waals surface area (Å²) >= 11 is 0. The van der Waals surface area contributed by atoms with Crippen LogP contribution in [0.2, 0.25) is 0 Å². The van der Waals surface area contributed by atoms with E-state index in [1.165, 1.54) is 0 Å². The predicted molar refractivity (Wildman–Crippen MR) is 91.8 cm³/mol. The maximum Gasteiger partial charge on any atom is 0.257 e. The van der Waals surface area contributed by atoms with E-state index in [0.717, 1.165) is 10.9 Å². The number of nitrogens with one attached hydrogen (secondary N) is 1. The minimum absolute atomic E-state index is 0.255. The first-order chi connectivity index (χ1) is 11.6. The SMILES string of the molecule is COc1ccc(NC(=O)c2cc3cnccc3nc2C)c(OC)c1. The number of carbonyl (C=O) groups excluding carboxylic acids is 1. The number of nitrogens with zero attached hydrogens (tertiary/aromatic N) is 2. The lowest BCUT2D eigenvalue weighted by molar-refractivity contribution is 0.102. The van der Waals surface area contributed by atoms with Crippen LogP contribution in [0.4, 0.5) is 5.69 Å². The van der Waals surface area contributed by atoms with Crippen LogP contribution >= 0.6 is 0 Å². The van der Waals surface area contributed by atoms with E-state index in [1.807, 2.05) is 6.07 Å². The Hall–Kier alpha value is -3.15. The van der Waals surface area contributed by atoms with Crippen molar-refractivity contribution in [2.75, 3.05) is 19.5 Å². The number of hydrogen-bond donors (Lipinski definition) is 1. The average Bonchev–Trinajstić information content (AvgIpc) is 2.61. The normalized spacial score (nSPS) is 10.5. The number of amides is 1. The van der Waals surface area contributed by atoms with Gasteiger partial charge in [-0.15, -0.1) is 0 Å². The molecule has 6 nitrogen and oxygen atoms in total. The number of rotatable bonds is 4. The summed E-state index contributed by atoms with van der Waals surface area (Å²) in [6, 6.07) is 8.81. The zero-order chi connectivity index (χ0) is 17.1. The van der Waals surface area contributed by atoms with Gasteiger partial charge in [0.15, 0.2) is 0 Å². The van der Waals surface area contributed by atoms with E-state index in [9.17, 15) is 4.79 Å². The van der Waals surface area contributed by atoms with Gasteiger partial charge in [0.1, 0.15) is 11.5 Å². The highest BCUT2D eigenvalue weighted by Gasteiger charge is 2.14. The lowest BCUT2D eigenvalue weighted by Gasteiger charge is -2.12. The van der Waals surface area contributed by atoms with Crippen molar-refractivity contribution in [3.8, 4) is 11.5 Å². The molecule has 1 aromatic carbocycles. The Morgan fingerprint density at radius 1 is 1.12 bits per heavy atom. The highest BCUT2D eigenvalue weighted by atomic mass is 16.5. The van der Waals surface area contributed by atoms with E-state index in [2.05, 4.69) is 15.3 Å². The van der Waals surface area contributed by atoms with Gasteiger partial charge >= 0.3 is 0 Å². The van der Waals surface area contributed by atoms with E-state index < -0.39 is 0 Å². The molecule has 0 aliphatic rings. The zero-order valence-corrected chi connectivity index (χ0v) is 13.7.